The third-order valence-electron chi connectivity index (χ3n) is 4.06. The van der Waals surface area contributed by atoms with Crippen molar-refractivity contribution in [3.05, 3.63) is 54.1 Å². The van der Waals surface area contributed by atoms with E-state index in [1.54, 1.807) is 29.2 Å². The van der Waals surface area contributed by atoms with Crippen LogP contribution in [0.4, 0.5) is 11.4 Å². The molecule has 0 radical (unpaired) electrons. The first-order valence-electron chi connectivity index (χ1n) is 9.23. The van der Waals surface area contributed by atoms with Crippen LogP contribution in [0, 0.1) is 0 Å². The Labute approximate surface area is 160 Å². The molecule has 6 heteroatoms. The first-order chi connectivity index (χ1) is 13.1. The van der Waals surface area contributed by atoms with Gasteiger partial charge in [-0.3, -0.25) is 9.59 Å². The van der Waals surface area contributed by atoms with Crippen molar-refractivity contribution in [2.45, 2.75) is 20.8 Å². The molecule has 144 valence electrons. The Balaban J connectivity index is 1.91. The van der Waals surface area contributed by atoms with Crippen LogP contribution < -0.4 is 15.4 Å². The number of amides is 2. The highest BCUT2D eigenvalue weighted by atomic mass is 16.5. The number of ether oxygens (including phenoxy) is 1. The van der Waals surface area contributed by atoms with Crippen LogP contribution in [-0.2, 0) is 4.79 Å². The number of nitrogens with zero attached hydrogens (tertiary/aromatic N) is 1. The van der Waals surface area contributed by atoms with E-state index >= 15 is 0 Å². The van der Waals surface area contributed by atoms with Crippen molar-refractivity contribution in [2.75, 3.05) is 36.9 Å². The van der Waals surface area contributed by atoms with Crippen LogP contribution in [0.3, 0.4) is 0 Å². The van der Waals surface area contributed by atoms with Gasteiger partial charge in [-0.25, -0.2) is 0 Å². The summed E-state index contributed by atoms with van der Waals surface area (Å²) < 4.78 is 5.39. The third kappa shape index (κ3) is 6.02. The van der Waals surface area contributed by atoms with Gasteiger partial charge in [-0.05, 0) is 63.2 Å². The lowest BCUT2D eigenvalue weighted by atomic mass is 10.1. The van der Waals surface area contributed by atoms with E-state index in [2.05, 4.69) is 10.6 Å². The van der Waals surface area contributed by atoms with E-state index in [0.29, 0.717) is 30.9 Å². The Bertz CT molecular complexity index is 756. The van der Waals surface area contributed by atoms with Crippen molar-refractivity contribution in [3.8, 4) is 5.75 Å². The van der Waals surface area contributed by atoms with E-state index in [4.69, 9.17) is 4.74 Å². The molecule has 0 unspecified atom stereocenters. The highest BCUT2D eigenvalue weighted by molar-refractivity contribution is 5.98. The fourth-order valence-corrected chi connectivity index (χ4v) is 2.65. The molecule has 0 aliphatic heterocycles. The normalized spacial score (nSPS) is 10.2. The van der Waals surface area contributed by atoms with Gasteiger partial charge in [0.25, 0.3) is 5.91 Å². The summed E-state index contributed by atoms with van der Waals surface area (Å²) in [6.07, 6.45) is 0. The van der Waals surface area contributed by atoms with Gasteiger partial charge in [-0.15, -0.1) is 0 Å². The van der Waals surface area contributed by atoms with E-state index < -0.39 is 0 Å². The zero-order chi connectivity index (χ0) is 19.6. The molecule has 0 saturated carbocycles. The lowest BCUT2D eigenvalue weighted by Gasteiger charge is -2.19. The molecule has 0 aliphatic carbocycles. The molecule has 0 spiro atoms. The molecule has 2 N–H and O–H groups in total. The molecule has 2 aromatic rings. The van der Waals surface area contributed by atoms with Crippen molar-refractivity contribution < 1.29 is 14.3 Å². The fourth-order valence-electron chi connectivity index (χ4n) is 2.65. The second kappa shape index (κ2) is 10.2. The number of hydrogen-bond donors (Lipinski definition) is 2. The maximum absolute atomic E-state index is 12.4. The van der Waals surface area contributed by atoms with E-state index in [-0.39, 0.29) is 18.4 Å². The monoisotopic (exact) mass is 369 g/mol. The number of carbonyl (C=O) groups excluding carboxylic acids is 2. The number of anilines is 2. The number of benzene rings is 2. The van der Waals surface area contributed by atoms with Crippen LogP contribution in [0.15, 0.2) is 48.5 Å². The van der Waals surface area contributed by atoms with Gasteiger partial charge < -0.3 is 20.3 Å². The summed E-state index contributed by atoms with van der Waals surface area (Å²) in [5.41, 5.74) is 2.00. The zero-order valence-corrected chi connectivity index (χ0v) is 16.1. The number of carbonyl (C=O) groups is 2. The summed E-state index contributed by atoms with van der Waals surface area (Å²) in [5.74, 6) is 0.571. The molecule has 27 heavy (non-hydrogen) atoms. The maximum Gasteiger partial charge on any atom is 0.253 e. The predicted octanol–water partition coefficient (Wildman–Crippen LogP) is 3.62. The summed E-state index contributed by atoms with van der Waals surface area (Å²) in [5, 5.41) is 5.88. The van der Waals surface area contributed by atoms with Crippen LogP contribution in [0.25, 0.3) is 0 Å². The Morgan fingerprint density at radius 3 is 2.30 bits per heavy atom. The molecule has 0 heterocycles. The first kappa shape index (κ1) is 20.3. The lowest BCUT2D eigenvalue weighted by Crippen LogP contribution is -2.30. The van der Waals surface area contributed by atoms with Crippen molar-refractivity contribution in [1.29, 1.82) is 0 Å². The Morgan fingerprint density at radius 2 is 1.67 bits per heavy atom. The second-order valence-electron chi connectivity index (χ2n) is 5.92. The van der Waals surface area contributed by atoms with Crippen LogP contribution in [0.1, 0.15) is 31.1 Å². The number of hydrogen-bond acceptors (Lipinski definition) is 4. The Kier molecular flexibility index (Phi) is 7.67. The third-order valence-corrected chi connectivity index (χ3v) is 4.06. The highest BCUT2D eigenvalue weighted by Crippen LogP contribution is 2.16. The summed E-state index contributed by atoms with van der Waals surface area (Å²) in [6.45, 7) is 7.86. The molecule has 2 amide bonds. The number of nitrogens with one attached hydrogen (secondary N) is 2. The predicted molar refractivity (Wildman–Crippen MR) is 108 cm³/mol. The van der Waals surface area contributed by atoms with Crippen LogP contribution >= 0.6 is 0 Å². The van der Waals surface area contributed by atoms with Crippen molar-refractivity contribution in [1.82, 2.24) is 4.90 Å². The summed E-state index contributed by atoms with van der Waals surface area (Å²) >= 11 is 0. The van der Waals surface area contributed by atoms with Gasteiger partial charge >= 0.3 is 0 Å². The SMILES string of the molecule is CCOc1ccc(NCC(=O)Nc2cccc(C(=O)N(CC)CC)c2)cc1. The topological polar surface area (TPSA) is 70.7 Å². The molecule has 0 bridgehead atoms. The quantitative estimate of drug-likeness (QED) is 0.708. The first-order valence-corrected chi connectivity index (χ1v) is 9.23. The van der Waals surface area contributed by atoms with Gasteiger partial charge in [0.2, 0.25) is 5.91 Å². The summed E-state index contributed by atoms with van der Waals surface area (Å²) in [4.78, 5) is 26.4. The molecular formula is C21H27N3O3. The average Bonchev–Trinajstić information content (AvgIpc) is 2.69. The van der Waals surface area contributed by atoms with Gasteiger partial charge in [-0.2, -0.15) is 0 Å². The maximum atomic E-state index is 12.4. The van der Waals surface area contributed by atoms with Crippen molar-refractivity contribution >= 4 is 23.2 Å². The van der Waals surface area contributed by atoms with Gasteiger partial charge in [0.05, 0.1) is 13.2 Å². The smallest absolute Gasteiger partial charge is 0.253 e. The molecule has 0 aliphatic rings. The molecule has 2 rings (SSSR count). The largest absolute Gasteiger partial charge is 0.494 e. The molecule has 2 aromatic carbocycles. The highest BCUT2D eigenvalue weighted by Gasteiger charge is 2.13. The van der Waals surface area contributed by atoms with E-state index in [1.165, 1.54) is 0 Å². The van der Waals surface area contributed by atoms with Crippen LogP contribution in [0.2, 0.25) is 0 Å². The minimum atomic E-state index is -0.184. The van der Waals surface area contributed by atoms with E-state index in [9.17, 15) is 9.59 Å². The summed E-state index contributed by atoms with van der Waals surface area (Å²) in [7, 11) is 0. The second-order valence-corrected chi connectivity index (χ2v) is 5.92. The van der Waals surface area contributed by atoms with Gasteiger partial charge in [0.1, 0.15) is 5.75 Å². The van der Waals surface area contributed by atoms with Crippen molar-refractivity contribution in [2.24, 2.45) is 0 Å². The molecule has 0 fully saturated rings. The molecule has 0 atom stereocenters. The molecule has 0 aromatic heterocycles. The zero-order valence-electron chi connectivity index (χ0n) is 16.1. The lowest BCUT2D eigenvalue weighted by molar-refractivity contribution is -0.114. The minimum absolute atomic E-state index is 0.0383. The fraction of sp³-hybridized carbons (Fsp3) is 0.333. The molecular weight excluding hydrogens is 342 g/mol. The summed E-state index contributed by atoms with van der Waals surface area (Å²) in [6, 6.07) is 14.4. The van der Waals surface area contributed by atoms with Crippen molar-refractivity contribution in [3.63, 3.8) is 0 Å². The molecule has 0 saturated heterocycles. The average molecular weight is 369 g/mol. The van der Waals surface area contributed by atoms with Gasteiger partial charge in [0, 0.05) is 30.0 Å². The van der Waals surface area contributed by atoms with Crippen LogP contribution in [-0.4, -0.2) is 43.0 Å². The molecule has 6 nitrogen and oxygen atoms in total. The Morgan fingerprint density at radius 1 is 0.963 bits per heavy atom. The number of rotatable bonds is 9. The van der Waals surface area contributed by atoms with E-state index in [1.807, 2.05) is 45.0 Å². The van der Waals surface area contributed by atoms with E-state index in [0.717, 1.165) is 11.4 Å². The van der Waals surface area contributed by atoms with Gasteiger partial charge in [-0.1, -0.05) is 6.07 Å². The standard InChI is InChI=1S/C21H27N3O3/c1-4-24(5-2)21(26)16-8-7-9-18(14-16)23-20(25)15-22-17-10-12-19(13-11-17)27-6-3/h7-14,22H,4-6,15H2,1-3H3,(H,23,25). The minimum Gasteiger partial charge on any atom is -0.494 e. The van der Waals surface area contributed by atoms with Crippen LogP contribution in [0.5, 0.6) is 5.75 Å². The Hall–Kier alpha value is -3.02. The van der Waals surface area contributed by atoms with Gasteiger partial charge in [0.15, 0.2) is 0 Å².